The Hall–Kier alpha value is -2.30. The molecular formula is C13H14N2O3. The van der Waals surface area contributed by atoms with Gasteiger partial charge in [0.1, 0.15) is 6.54 Å². The molecule has 0 fully saturated rings. The molecule has 5 heteroatoms. The van der Waals surface area contributed by atoms with Gasteiger partial charge in [-0.15, -0.1) is 0 Å². The van der Waals surface area contributed by atoms with Crippen molar-refractivity contribution in [3.05, 3.63) is 52.7 Å². The second-order valence-electron chi connectivity index (χ2n) is 3.99. The molecule has 0 aliphatic carbocycles. The molecule has 0 unspecified atom stereocenters. The molecule has 1 aromatic heterocycles. The number of rotatable bonds is 4. The summed E-state index contributed by atoms with van der Waals surface area (Å²) in [4.78, 5) is 22.5. The Balaban J connectivity index is 2.36. The van der Waals surface area contributed by atoms with Crippen molar-refractivity contribution in [3.63, 3.8) is 0 Å². The highest BCUT2D eigenvalue weighted by atomic mass is 16.4. The monoisotopic (exact) mass is 246 g/mol. The summed E-state index contributed by atoms with van der Waals surface area (Å²) in [7, 11) is 0. The Bertz CT molecular complexity index is 608. The minimum atomic E-state index is -1.03. The van der Waals surface area contributed by atoms with E-state index in [1.165, 1.54) is 16.3 Å². The molecule has 1 heterocycles. The van der Waals surface area contributed by atoms with Gasteiger partial charge in [0.2, 0.25) is 0 Å². The minimum Gasteiger partial charge on any atom is -0.480 e. The molecule has 1 aromatic carbocycles. The lowest BCUT2D eigenvalue weighted by Crippen LogP contribution is -2.25. The number of benzene rings is 1. The standard InChI is InChI=1S/C13H14N2O3/c1-2-10-3-5-11(6-4-10)15-8-7-14(13(15)18)9-12(16)17/h3-8H,2,9H2,1H3,(H,16,17). The van der Waals surface area contributed by atoms with Gasteiger partial charge in [0.15, 0.2) is 0 Å². The molecule has 0 saturated heterocycles. The van der Waals surface area contributed by atoms with E-state index in [9.17, 15) is 9.59 Å². The fourth-order valence-corrected chi connectivity index (χ4v) is 1.77. The van der Waals surface area contributed by atoms with Crippen LogP contribution in [0.2, 0.25) is 0 Å². The topological polar surface area (TPSA) is 64.2 Å². The maximum atomic E-state index is 11.9. The molecule has 0 aliphatic heterocycles. The lowest BCUT2D eigenvalue weighted by atomic mass is 10.1. The minimum absolute atomic E-state index is 0.321. The van der Waals surface area contributed by atoms with Gasteiger partial charge in [0, 0.05) is 12.4 Å². The summed E-state index contributed by atoms with van der Waals surface area (Å²) in [5.41, 5.74) is 1.58. The van der Waals surface area contributed by atoms with Crippen LogP contribution in [0.4, 0.5) is 0 Å². The summed E-state index contributed by atoms with van der Waals surface area (Å²) in [6.07, 6.45) is 3.99. The maximum Gasteiger partial charge on any atom is 0.333 e. The molecule has 0 amide bonds. The zero-order valence-electron chi connectivity index (χ0n) is 10.0. The van der Waals surface area contributed by atoms with Gasteiger partial charge in [-0.3, -0.25) is 13.9 Å². The number of aromatic nitrogens is 2. The molecule has 1 N–H and O–H groups in total. The Kier molecular flexibility index (Phi) is 3.32. The summed E-state index contributed by atoms with van der Waals surface area (Å²) in [6, 6.07) is 7.61. The van der Waals surface area contributed by atoms with Crippen molar-refractivity contribution in [2.45, 2.75) is 19.9 Å². The van der Waals surface area contributed by atoms with E-state index < -0.39 is 5.97 Å². The molecule has 0 saturated carbocycles. The number of hydrogen-bond acceptors (Lipinski definition) is 2. The fourth-order valence-electron chi connectivity index (χ4n) is 1.77. The van der Waals surface area contributed by atoms with E-state index in [2.05, 4.69) is 6.92 Å². The van der Waals surface area contributed by atoms with E-state index in [0.717, 1.165) is 16.7 Å². The largest absolute Gasteiger partial charge is 0.480 e. The molecule has 2 aromatic rings. The van der Waals surface area contributed by atoms with Crippen LogP contribution in [0.3, 0.4) is 0 Å². The van der Waals surface area contributed by atoms with Gasteiger partial charge < -0.3 is 5.11 Å². The fraction of sp³-hybridized carbons (Fsp3) is 0.231. The Morgan fingerprint density at radius 3 is 2.44 bits per heavy atom. The van der Waals surface area contributed by atoms with E-state index in [1.807, 2.05) is 24.3 Å². The van der Waals surface area contributed by atoms with Crippen LogP contribution in [-0.2, 0) is 17.8 Å². The third-order valence-corrected chi connectivity index (χ3v) is 2.78. The molecule has 0 aliphatic rings. The summed E-state index contributed by atoms with van der Waals surface area (Å²) >= 11 is 0. The first-order chi connectivity index (χ1) is 8.61. The number of aryl methyl sites for hydroxylation is 1. The van der Waals surface area contributed by atoms with Gasteiger partial charge >= 0.3 is 11.7 Å². The second-order valence-corrected chi connectivity index (χ2v) is 3.99. The van der Waals surface area contributed by atoms with Crippen molar-refractivity contribution in [1.29, 1.82) is 0 Å². The molecule has 0 spiro atoms. The van der Waals surface area contributed by atoms with Crippen LogP contribution in [0, 0.1) is 0 Å². The van der Waals surface area contributed by atoms with Crippen LogP contribution in [0.5, 0.6) is 0 Å². The number of carboxylic acids is 1. The van der Waals surface area contributed by atoms with Crippen molar-refractivity contribution in [2.24, 2.45) is 0 Å². The number of carboxylic acid groups (broad SMARTS) is 1. The van der Waals surface area contributed by atoms with E-state index in [0.29, 0.717) is 0 Å². The zero-order chi connectivity index (χ0) is 13.1. The van der Waals surface area contributed by atoms with Crippen LogP contribution in [0.25, 0.3) is 5.69 Å². The average molecular weight is 246 g/mol. The quantitative estimate of drug-likeness (QED) is 0.884. The summed E-state index contributed by atoms with van der Waals surface area (Å²) in [5.74, 6) is -1.03. The van der Waals surface area contributed by atoms with Gasteiger partial charge in [-0.1, -0.05) is 19.1 Å². The van der Waals surface area contributed by atoms with E-state index >= 15 is 0 Å². The number of hydrogen-bond donors (Lipinski definition) is 1. The third kappa shape index (κ3) is 2.34. The van der Waals surface area contributed by atoms with Crippen molar-refractivity contribution in [2.75, 3.05) is 0 Å². The lowest BCUT2D eigenvalue weighted by molar-refractivity contribution is -0.137. The highest BCUT2D eigenvalue weighted by Gasteiger charge is 2.07. The number of carbonyl (C=O) groups is 1. The first-order valence-corrected chi connectivity index (χ1v) is 5.70. The van der Waals surface area contributed by atoms with E-state index in [4.69, 9.17) is 5.11 Å². The molecule has 2 rings (SSSR count). The predicted molar refractivity (Wildman–Crippen MR) is 67.0 cm³/mol. The van der Waals surface area contributed by atoms with Crippen LogP contribution in [0.1, 0.15) is 12.5 Å². The highest BCUT2D eigenvalue weighted by molar-refractivity contribution is 5.66. The third-order valence-electron chi connectivity index (χ3n) is 2.78. The van der Waals surface area contributed by atoms with Gasteiger partial charge in [-0.05, 0) is 24.1 Å². The zero-order valence-corrected chi connectivity index (χ0v) is 10.0. The maximum absolute atomic E-state index is 11.9. The Labute approximate surface area is 104 Å². The normalized spacial score (nSPS) is 10.5. The lowest BCUT2D eigenvalue weighted by Gasteiger charge is -2.02. The average Bonchev–Trinajstić information content (AvgIpc) is 2.71. The number of nitrogens with zero attached hydrogens (tertiary/aromatic N) is 2. The summed E-state index contributed by atoms with van der Waals surface area (Å²) in [6.45, 7) is 1.74. The van der Waals surface area contributed by atoms with Crippen LogP contribution in [0.15, 0.2) is 41.5 Å². The second kappa shape index (κ2) is 4.91. The van der Waals surface area contributed by atoms with Gasteiger partial charge in [0.25, 0.3) is 0 Å². The van der Waals surface area contributed by atoms with Crippen molar-refractivity contribution in [3.8, 4) is 5.69 Å². The SMILES string of the molecule is CCc1ccc(-n2ccn(CC(=O)O)c2=O)cc1. The van der Waals surface area contributed by atoms with Crippen molar-refractivity contribution < 1.29 is 9.90 Å². The molecular weight excluding hydrogens is 232 g/mol. The van der Waals surface area contributed by atoms with Crippen LogP contribution < -0.4 is 5.69 Å². The predicted octanol–water partition coefficient (Wildman–Crippen LogP) is 1.29. The molecule has 18 heavy (non-hydrogen) atoms. The summed E-state index contributed by atoms with van der Waals surface area (Å²) < 4.78 is 2.60. The van der Waals surface area contributed by atoms with E-state index in [1.54, 1.807) is 6.20 Å². The van der Waals surface area contributed by atoms with Gasteiger partial charge in [-0.2, -0.15) is 0 Å². The molecule has 94 valence electrons. The first-order valence-electron chi connectivity index (χ1n) is 5.70. The van der Waals surface area contributed by atoms with Gasteiger partial charge in [0.05, 0.1) is 5.69 Å². The van der Waals surface area contributed by atoms with Crippen LogP contribution in [-0.4, -0.2) is 20.2 Å². The Morgan fingerprint density at radius 1 is 1.22 bits per heavy atom. The summed E-state index contributed by atoms with van der Waals surface area (Å²) in [5, 5.41) is 8.67. The first kappa shape index (κ1) is 12.2. The molecule has 0 radical (unpaired) electrons. The van der Waals surface area contributed by atoms with E-state index in [-0.39, 0.29) is 12.2 Å². The number of imidazole rings is 1. The van der Waals surface area contributed by atoms with Crippen molar-refractivity contribution in [1.82, 2.24) is 9.13 Å². The highest BCUT2D eigenvalue weighted by Crippen LogP contribution is 2.08. The van der Waals surface area contributed by atoms with Crippen molar-refractivity contribution >= 4 is 5.97 Å². The molecule has 0 atom stereocenters. The van der Waals surface area contributed by atoms with Crippen LogP contribution >= 0.6 is 0 Å². The Morgan fingerprint density at radius 2 is 1.89 bits per heavy atom. The van der Waals surface area contributed by atoms with Gasteiger partial charge in [-0.25, -0.2) is 4.79 Å². The molecule has 0 bridgehead atoms. The smallest absolute Gasteiger partial charge is 0.333 e. The molecule has 5 nitrogen and oxygen atoms in total. The number of aliphatic carboxylic acids is 1.